The van der Waals surface area contributed by atoms with Crippen molar-refractivity contribution in [1.82, 2.24) is 0 Å². The molecule has 0 aliphatic rings. The molecule has 0 amide bonds. The maximum atomic E-state index is 5.70. The summed E-state index contributed by atoms with van der Waals surface area (Å²) in [6.07, 6.45) is 2.22. The summed E-state index contributed by atoms with van der Waals surface area (Å²) in [7, 11) is 1.63. The fourth-order valence-electron chi connectivity index (χ4n) is 1.48. The van der Waals surface area contributed by atoms with E-state index in [1.807, 2.05) is 6.07 Å². The summed E-state index contributed by atoms with van der Waals surface area (Å²) in [5.41, 5.74) is 6.39. The highest BCUT2D eigenvalue weighted by atomic mass is 16.5. The lowest BCUT2D eigenvalue weighted by atomic mass is 10.1. The van der Waals surface area contributed by atoms with Crippen molar-refractivity contribution >= 4 is 5.69 Å². The minimum atomic E-state index is 0.694. The van der Waals surface area contributed by atoms with E-state index in [-0.39, 0.29) is 0 Å². The first-order valence-corrected chi connectivity index (χ1v) is 5.69. The Balaban J connectivity index is 2.48. The summed E-state index contributed by atoms with van der Waals surface area (Å²) in [6.45, 7) is 5.13. The predicted molar refractivity (Wildman–Crippen MR) is 67.0 cm³/mol. The zero-order chi connectivity index (χ0) is 12.0. The minimum Gasteiger partial charge on any atom is -0.493 e. The standard InChI is InChI=1S/C13H21NO2/c1-10(2)5-4-8-16-13-9-11(14)6-7-12(13)15-3/h6-7,9-10H,4-5,8,14H2,1-3H3. The fraction of sp³-hybridized carbons (Fsp3) is 0.538. The highest BCUT2D eigenvalue weighted by Crippen LogP contribution is 2.29. The number of anilines is 1. The number of nitrogens with two attached hydrogens (primary N) is 1. The first kappa shape index (κ1) is 12.7. The Morgan fingerprint density at radius 2 is 2.00 bits per heavy atom. The number of hydrogen-bond acceptors (Lipinski definition) is 3. The second-order valence-electron chi connectivity index (χ2n) is 4.29. The van der Waals surface area contributed by atoms with Crippen LogP contribution in [0.2, 0.25) is 0 Å². The lowest BCUT2D eigenvalue weighted by Crippen LogP contribution is -2.01. The van der Waals surface area contributed by atoms with Crippen LogP contribution in [0.15, 0.2) is 18.2 Å². The van der Waals surface area contributed by atoms with Gasteiger partial charge < -0.3 is 15.2 Å². The molecular weight excluding hydrogens is 202 g/mol. The Morgan fingerprint density at radius 1 is 1.25 bits per heavy atom. The summed E-state index contributed by atoms with van der Waals surface area (Å²) in [5.74, 6) is 2.18. The Hall–Kier alpha value is -1.38. The highest BCUT2D eigenvalue weighted by molar-refractivity contribution is 5.51. The van der Waals surface area contributed by atoms with Crippen molar-refractivity contribution < 1.29 is 9.47 Å². The van der Waals surface area contributed by atoms with Crippen LogP contribution < -0.4 is 15.2 Å². The van der Waals surface area contributed by atoms with E-state index in [2.05, 4.69) is 13.8 Å². The van der Waals surface area contributed by atoms with Crippen LogP contribution in [-0.4, -0.2) is 13.7 Å². The van der Waals surface area contributed by atoms with Crippen molar-refractivity contribution in [3.63, 3.8) is 0 Å². The first-order chi connectivity index (χ1) is 7.63. The molecular formula is C13H21NO2. The minimum absolute atomic E-state index is 0.694. The van der Waals surface area contributed by atoms with E-state index >= 15 is 0 Å². The third-order valence-corrected chi connectivity index (χ3v) is 2.37. The van der Waals surface area contributed by atoms with Gasteiger partial charge in [0, 0.05) is 11.8 Å². The molecule has 0 unspecified atom stereocenters. The average Bonchev–Trinajstić information content (AvgIpc) is 2.24. The largest absolute Gasteiger partial charge is 0.493 e. The SMILES string of the molecule is COc1ccc(N)cc1OCCCC(C)C. The molecule has 0 aliphatic heterocycles. The van der Waals surface area contributed by atoms with Crippen molar-refractivity contribution in [3.05, 3.63) is 18.2 Å². The molecule has 0 atom stereocenters. The van der Waals surface area contributed by atoms with E-state index in [0.29, 0.717) is 18.2 Å². The number of rotatable bonds is 6. The van der Waals surface area contributed by atoms with Crippen molar-refractivity contribution in [2.75, 3.05) is 19.5 Å². The average molecular weight is 223 g/mol. The van der Waals surface area contributed by atoms with Gasteiger partial charge in [-0.1, -0.05) is 13.8 Å². The molecule has 1 aromatic rings. The Kier molecular flexibility index (Phi) is 4.96. The van der Waals surface area contributed by atoms with Crippen LogP contribution in [0, 0.1) is 5.92 Å². The molecule has 0 aliphatic carbocycles. The first-order valence-electron chi connectivity index (χ1n) is 5.69. The zero-order valence-electron chi connectivity index (χ0n) is 10.3. The van der Waals surface area contributed by atoms with E-state index in [9.17, 15) is 0 Å². The summed E-state index contributed by atoms with van der Waals surface area (Å²) < 4.78 is 10.9. The summed E-state index contributed by atoms with van der Waals surface area (Å²) >= 11 is 0. The molecule has 0 fully saturated rings. The molecule has 16 heavy (non-hydrogen) atoms. The quantitative estimate of drug-likeness (QED) is 0.595. The van der Waals surface area contributed by atoms with E-state index in [1.54, 1.807) is 19.2 Å². The van der Waals surface area contributed by atoms with Gasteiger partial charge in [0.1, 0.15) is 0 Å². The van der Waals surface area contributed by atoms with Gasteiger partial charge in [-0.05, 0) is 30.9 Å². The summed E-state index contributed by atoms with van der Waals surface area (Å²) in [6, 6.07) is 5.43. The number of ether oxygens (including phenoxy) is 2. The lowest BCUT2D eigenvalue weighted by Gasteiger charge is -2.11. The Morgan fingerprint density at radius 3 is 2.62 bits per heavy atom. The van der Waals surface area contributed by atoms with E-state index < -0.39 is 0 Å². The Labute approximate surface area is 97.6 Å². The number of hydrogen-bond donors (Lipinski definition) is 1. The van der Waals surface area contributed by atoms with Crippen LogP contribution >= 0.6 is 0 Å². The molecule has 0 radical (unpaired) electrons. The molecule has 1 rings (SSSR count). The molecule has 0 bridgehead atoms. The normalized spacial score (nSPS) is 10.5. The van der Waals surface area contributed by atoms with Gasteiger partial charge in [-0.25, -0.2) is 0 Å². The van der Waals surface area contributed by atoms with Crippen molar-refractivity contribution in [3.8, 4) is 11.5 Å². The van der Waals surface area contributed by atoms with Gasteiger partial charge in [0.25, 0.3) is 0 Å². The molecule has 0 saturated heterocycles. The second kappa shape index (κ2) is 6.26. The highest BCUT2D eigenvalue weighted by Gasteiger charge is 2.04. The Bertz CT molecular complexity index is 324. The van der Waals surface area contributed by atoms with Crippen LogP contribution in [0.4, 0.5) is 5.69 Å². The van der Waals surface area contributed by atoms with Gasteiger partial charge in [0.15, 0.2) is 11.5 Å². The molecule has 3 heteroatoms. The van der Waals surface area contributed by atoms with E-state index in [4.69, 9.17) is 15.2 Å². The zero-order valence-corrected chi connectivity index (χ0v) is 10.3. The van der Waals surface area contributed by atoms with Gasteiger partial charge in [0.2, 0.25) is 0 Å². The van der Waals surface area contributed by atoms with Crippen LogP contribution in [0.5, 0.6) is 11.5 Å². The van der Waals surface area contributed by atoms with E-state index in [1.165, 1.54) is 6.42 Å². The number of benzene rings is 1. The molecule has 2 N–H and O–H groups in total. The predicted octanol–water partition coefficient (Wildman–Crippen LogP) is 3.09. The van der Waals surface area contributed by atoms with Crippen LogP contribution in [0.3, 0.4) is 0 Å². The number of nitrogen functional groups attached to an aromatic ring is 1. The second-order valence-corrected chi connectivity index (χ2v) is 4.29. The number of methoxy groups -OCH3 is 1. The van der Waals surface area contributed by atoms with Gasteiger partial charge in [-0.2, -0.15) is 0 Å². The lowest BCUT2D eigenvalue weighted by molar-refractivity contribution is 0.280. The fourth-order valence-corrected chi connectivity index (χ4v) is 1.48. The van der Waals surface area contributed by atoms with Gasteiger partial charge in [-0.3, -0.25) is 0 Å². The smallest absolute Gasteiger partial charge is 0.163 e. The molecule has 3 nitrogen and oxygen atoms in total. The van der Waals surface area contributed by atoms with Gasteiger partial charge in [0.05, 0.1) is 13.7 Å². The van der Waals surface area contributed by atoms with Gasteiger partial charge in [-0.15, -0.1) is 0 Å². The van der Waals surface area contributed by atoms with Gasteiger partial charge >= 0.3 is 0 Å². The maximum Gasteiger partial charge on any atom is 0.163 e. The molecule has 0 aromatic heterocycles. The topological polar surface area (TPSA) is 44.5 Å². The van der Waals surface area contributed by atoms with Crippen molar-refractivity contribution in [2.45, 2.75) is 26.7 Å². The monoisotopic (exact) mass is 223 g/mol. The maximum absolute atomic E-state index is 5.70. The van der Waals surface area contributed by atoms with Crippen LogP contribution in [-0.2, 0) is 0 Å². The van der Waals surface area contributed by atoms with Crippen LogP contribution in [0.25, 0.3) is 0 Å². The van der Waals surface area contributed by atoms with Crippen molar-refractivity contribution in [2.24, 2.45) is 5.92 Å². The van der Waals surface area contributed by atoms with Crippen LogP contribution in [0.1, 0.15) is 26.7 Å². The van der Waals surface area contributed by atoms with E-state index in [0.717, 1.165) is 17.9 Å². The molecule has 90 valence electrons. The molecule has 0 heterocycles. The third-order valence-electron chi connectivity index (χ3n) is 2.37. The van der Waals surface area contributed by atoms with Crippen molar-refractivity contribution in [1.29, 1.82) is 0 Å². The molecule has 1 aromatic carbocycles. The molecule has 0 saturated carbocycles. The third kappa shape index (κ3) is 4.01. The summed E-state index contributed by atoms with van der Waals surface area (Å²) in [5, 5.41) is 0. The summed E-state index contributed by atoms with van der Waals surface area (Å²) in [4.78, 5) is 0. The molecule has 0 spiro atoms.